The molecule has 1 fully saturated rings. The number of thiophene rings is 1. The lowest BCUT2D eigenvalue weighted by Gasteiger charge is -2.37. The first-order valence-electron chi connectivity index (χ1n) is 5.72. The topological polar surface area (TPSA) is 3.24 Å². The Morgan fingerprint density at radius 2 is 2.27 bits per heavy atom. The smallest absolute Gasteiger partial charge is 0.0351 e. The molecule has 0 unspecified atom stereocenters. The Morgan fingerprint density at radius 3 is 2.80 bits per heavy atom. The number of alkyl halides is 1. The molecule has 3 heteroatoms. The van der Waals surface area contributed by atoms with Gasteiger partial charge < -0.3 is 0 Å². The average molecular weight is 244 g/mol. The van der Waals surface area contributed by atoms with Gasteiger partial charge >= 0.3 is 0 Å². The molecule has 0 atom stereocenters. The van der Waals surface area contributed by atoms with Crippen molar-refractivity contribution in [2.45, 2.75) is 31.7 Å². The number of rotatable bonds is 6. The lowest BCUT2D eigenvalue weighted by atomic mass is 9.91. The van der Waals surface area contributed by atoms with Crippen molar-refractivity contribution in [1.29, 1.82) is 0 Å². The molecule has 1 heterocycles. The standard InChI is InChI=1S/C12H18ClNS/c13-7-9-14(11-3-1-4-11)8-6-12-5-2-10-15-12/h2,5,10-11H,1,3-4,6-9H2. The second-order valence-electron chi connectivity index (χ2n) is 4.14. The lowest BCUT2D eigenvalue weighted by Crippen LogP contribution is -2.42. The van der Waals surface area contributed by atoms with Gasteiger partial charge in [-0.2, -0.15) is 0 Å². The van der Waals surface area contributed by atoms with Crippen LogP contribution in [-0.2, 0) is 6.42 Å². The summed E-state index contributed by atoms with van der Waals surface area (Å²) in [5.74, 6) is 0.765. The minimum Gasteiger partial charge on any atom is -0.299 e. The number of halogens is 1. The fraction of sp³-hybridized carbons (Fsp3) is 0.667. The number of hydrogen-bond donors (Lipinski definition) is 0. The predicted octanol–water partition coefficient (Wildman–Crippen LogP) is 3.38. The highest BCUT2D eigenvalue weighted by atomic mass is 35.5. The summed E-state index contributed by atoms with van der Waals surface area (Å²) >= 11 is 7.70. The van der Waals surface area contributed by atoms with Gasteiger partial charge in [0.15, 0.2) is 0 Å². The minimum atomic E-state index is 0.765. The van der Waals surface area contributed by atoms with Crippen molar-refractivity contribution in [3.8, 4) is 0 Å². The molecule has 1 nitrogen and oxygen atoms in total. The van der Waals surface area contributed by atoms with Gasteiger partial charge in [-0.05, 0) is 30.7 Å². The van der Waals surface area contributed by atoms with E-state index in [1.54, 1.807) is 0 Å². The maximum absolute atomic E-state index is 5.84. The Kier molecular flexibility index (Phi) is 4.48. The van der Waals surface area contributed by atoms with Crippen LogP contribution >= 0.6 is 22.9 Å². The highest BCUT2D eigenvalue weighted by Crippen LogP contribution is 2.25. The Hall–Kier alpha value is -0.0500. The fourth-order valence-electron chi connectivity index (χ4n) is 2.05. The van der Waals surface area contributed by atoms with Crippen LogP contribution < -0.4 is 0 Å². The Balaban J connectivity index is 1.78. The average Bonchev–Trinajstić information content (AvgIpc) is 2.64. The van der Waals surface area contributed by atoms with Crippen LogP contribution in [0.3, 0.4) is 0 Å². The molecule has 1 aliphatic carbocycles. The first kappa shape index (κ1) is 11.4. The SMILES string of the molecule is ClCCN(CCc1cccs1)C1CCC1. The van der Waals surface area contributed by atoms with Crippen LogP contribution in [0.1, 0.15) is 24.1 Å². The van der Waals surface area contributed by atoms with E-state index in [1.807, 2.05) is 11.3 Å². The van der Waals surface area contributed by atoms with Crippen molar-refractivity contribution < 1.29 is 0 Å². The summed E-state index contributed by atoms with van der Waals surface area (Å²) < 4.78 is 0. The molecule has 1 saturated carbocycles. The molecule has 0 bridgehead atoms. The molecule has 1 aromatic heterocycles. The van der Waals surface area contributed by atoms with E-state index in [2.05, 4.69) is 22.4 Å². The van der Waals surface area contributed by atoms with Crippen LogP contribution in [0.5, 0.6) is 0 Å². The molecule has 15 heavy (non-hydrogen) atoms. The summed E-state index contributed by atoms with van der Waals surface area (Å²) in [7, 11) is 0. The molecular weight excluding hydrogens is 226 g/mol. The highest BCUT2D eigenvalue weighted by Gasteiger charge is 2.23. The van der Waals surface area contributed by atoms with Crippen LogP contribution in [0.4, 0.5) is 0 Å². The van der Waals surface area contributed by atoms with E-state index in [1.165, 1.54) is 37.1 Å². The molecule has 84 valence electrons. The van der Waals surface area contributed by atoms with Crippen LogP contribution in [-0.4, -0.2) is 29.9 Å². The van der Waals surface area contributed by atoms with Gasteiger partial charge in [0.25, 0.3) is 0 Å². The van der Waals surface area contributed by atoms with Gasteiger partial charge in [0.1, 0.15) is 0 Å². The third kappa shape index (κ3) is 3.20. The van der Waals surface area contributed by atoms with Gasteiger partial charge in [-0.25, -0.2) is 0 Å². The molecule has 0 aromatic carbocycles. The zero-order valence-corrected chi connectivity index (χ0v) is 10.6. The van der Waals surface area contributed by atoms with Crippen LogP contribution in [0.25, 0.3) is 0 Å². The Labute approximate surface area is 101 Å². The zero-order valence-electron chi connectivity index (χ0n) is 8.99. The minimum absolute atomic E-state index is 0.765. The van der Waals surface area contributed by atoms with Gasteiger partial charge in [-0.1, -0.05) is 12.5 Å². The molecule has 2 rings (SSSR count). The van der Waals surface area contributed by atoms with Crippen molar-refractivity contribution in [3.63, 3.8) is 0 Å². The summed E-state index contributed by atoms with van der Waals surface area (Å²) in [5.41, 5.74) is 0. The van der Waals surface area contributed by atoms with E-state index in [0.717, 1.165) is 18.5 Å². The van der Waals surface area contributed by atoms with E-state index in [-0.39, 0.29) is 0 Å². The van der Waals surface area contributed by atoms with Crippen molar-refractivity contribution >= 4 is 22.9 Å². The van der Waals surface area contributed by atoms with Crippen molar-refractivity contribution in [3.05, 3.63) is 22.4 Å². The van der Waals surface area contributed by atoms with Crippen molar-refractivity contribution in [2.75, 3.05) is 19.0 Å². The Bertz CT molecular complexity index is 269. The van der Waals surface area contributed by atoms with Gasteiger partial charge in [0.05, 0.1) is 0 Å². The molecule has 0 N–H and O–H groups in total. The monoisotopic (exact) mass is 243 g/mol. The maximum atomic E-state index is 5.84. The largest absolute Gasteiger partial charge is 0.299 e. The van der Waals surface area contributed by atoms with E-state index in [0.29, 0.717) is 0 Å². The quantitative estimate of drug-likeness (QED) is 0.693. The van der Waals surface area contributed by atoms with Gasteiger partial charge in [-0.15, -0.1) is 22.9 Å². The van der Waals surface area contributed by atoms with Crippen LogP contribution in [0.2, 0.25) is 0 Å². The summed E-state index contributed by atoms with van der Waals surface area (Å²) in [6.45, 7) is 2.23. The molecule has 0 aliphatic heterocycles. The first-order valence-corrected chi connectivity index (χ1v) is 7.14. The summed E-state index contributed by atoms with van der Waals surface area (Å²) in [6.07, 6.45) is 5.34. The second kappa shape index (κ2) is 5.88. The third-order valence-electron chi connectivity index (χ3n) is 3.19. The highest BCUT2D eigenvalue weighted by molar-refractivity contribution is 7.09. The van der Waals surface area contributed by atoms with E-state index in [4.69, 9.17) is 11.6 Å². The van der Waals surface area contributed by atoms with E-state index in [9.17, 15) is 0 Å². The maximum Gasteiger partial charge on any atom is 0.0351 e. The lowest BCUT2D eigenvalue weighted by molar-refractivity contribution is 0.137. The summed E-state index contributed by atoms with van der Waals surface area (Å²) in [4.78, 5) is 4.06. The van der Waals surface area contributed by atoms with Gasteiger partial charge in [-0.3, -0.25) is 4.90 Å². The summed E-state index contributed by atoms with van der Waals surface area (Å²) in [5, 5.41) is 2.16. The van der Waals surface area contributed by atoms with Gasteiger partial charge in [0, 0.05) is 29.9 Å². The molecule has 0 saturated heterocycles. The molecular formula is C12H18ClNS. The molecule has 0 amide bonds. The normalized spacial score (nSPS) is 16.9. The molecule has 0 radical (unpaired) electrons. The fourth-order valence-corrected chi connectivity index (χ4v) is 2.96. The van der Waals surface area contributed by atoms with Crippen molar-refractivity contribution in [1.82, 2.24) is 4.90 Å². The first-order chi connectivity index (χ1) is 7.40. The van der Waals surface area contributed by atoms with E-state index < -0.39 is 0 Å². The van der Waals surface area contributed by atoms with E-state index >= 15 is 0 Å². The van der Waals surface area contributed by atoms with Crippen LogP contribution in [0.15, 0.2) is 17.5 Å². The van der Waals surface area contributed by atoms with Crippen molar-refractivity contribution in [2.24, 2.45) is 0 Å². The summed E-state index contributed by atoms with van der Waals surface area (Å²) in [6, 6.07) is 5.18. The molecule has 1 aromatic rings. The van der Waals surface area contributed by atoms with Gasteiger partial charge in [0.2, 0.25) is 0 Å². The predicted molar refractivity (Wildman–Crippen MR) is 68.0 cm³/mol. The second-order valence-corrected chi connectivity index (χ2v) is 5.55. The number of hydrogen-bond acceptors (Lipinski definition) is 2. The number of nitrogens with zero attached hydrogens (tertiary/aromatic N) is 1. The van der Waals surface area contributed by atoms with Crippen LogP contribution in [0, 0.1) is 0 Å². The zero-order chi connectivity index (χ0) is 10.5. The molecule has 0 spiro atoms. The third-order valence-corrected chi connectivity index (χ3v) is 4.29. The Morgan fingerprint density at radius 1 is 1.40 bits per heavy atom. The molecule has 1 aliphatic rings.